The van der Waals surface area contributed by atoms with E-state index in [9.17, 15) is 14.4 Å². The molecule has 0 bridgehead atoms. The highest BCUT2D eigenvalue weighted by Gasteiger charge is 2.37. The third-order valence-corrected chi connectivity index (χ3v) is 7.25. The zero-order valence-corrected chi connectivity index (χ0v) is 21.0. The van der Waals surface area contributed by atoms with Gasteiger partial charge in [0, 0.05) is 29.2 Å². The van der Waals surface area contributed by atoms with Gasteiger partial charge in [-0.05, 0) is 59.7 Å². The summed E-state index contributed by atoms with van der Waals surface area (Å²) in [5, 5.41) is 2.91. The Kier molecular flexibility index (Phi) is 6.65. The lowest BCUT2D eigenvalue weighted by molar-refractivity contribution is -0.150. The SMILES string of the molecule is CC[C@@H](C)OC(=O)CN1C(=O)S/C(=C\c2cn(Cc3ccc4ccccc4c3)c3ccccc23)C1=O. The number of thioether (sulfide) groups is 1. The quantitative estimate of drug-likeness (QED) is 0.223. The van der Waals surface area contributed by atoms with Crippen molar-refractivity contribution in [3.05, 3.63) is 89.0 Å². The average Bonchev–Trinajstić information content (AvgIpc) is 3.35. The summed E-state index contributed by atoms with van der Waals surface area (Å²) in [7, 11) is 0. The predicted molar refractivity (Wildman–Crippen MR) is 144 cm³/mol. The molecule has 1 atom stereocenters. The van der Waals surface area contributed by atoms with Gasteiger partial charge in [0.05, 0.1) is 11.0 Å². The fraction of sp³-hybridized carbons (Fsp3) is 0.207. The van der Waals surface area contributed by atoms with Gasteiger partial charge in [0.2, 0.25) is 0 Å². The summed E-state index contributed by atoms with van der Waals surface area (Å²) < 4.78 is 7.39. The molecule has 5 rings (SSSR count). The lowest BCUT2D eigenvalue weighted by Gasteiger charge is -2.14. The minimum absolute atomic E-state index is 0.262. The number of ether oxygens (including phenoxy) is 1. The van der Waals surface area contributed by atoms with Gasteiger partial charge < -0.3 is 9.30 Å². The summed E-state index contributed by atoms with van der Waals surface area (Å²) in [5.41, 5.74) is 3.05. The van der Waals surface area contributed by atoms with E-state index in [2.05, 4.69) is 34.9 Å². The minimum atomic E-state index is -0.583. The molecule has 1 fully saturated rings. The summed E-state index contributed by atoms with van der Waals surface area (Å²) in [4.78, 5) is 38.9. The van der Waals surface area contributed by atoms with Gasteiger partial charge in [-0.15, -0.1) is 0 Å². The number of hydrogen-bond acceptors (Lipinski definition) is 5. The van der Waals surface area contributed by atoms with Gasteiger partial charge in [-0.3, -0.25) is 19.3 Å². The van der Waals surface area contributed by atoms with Gasteiger partial charge in [0.15, 0.2) is 0 Å². The Balaban J connectivity index is 1.42. The third kappa shape index (κ3) is 4.79. The standard InChI is InChI=1S/C29H26N2O4S/c1-3-19(2)35-27(32)18-31-28(33)26(36-29(31)34)15-23-17-30(25-11-7-6-10-24(23)25)16-20-12-13-21-8-4-5-9-22(21)14-20/h4-15,17,19H,3,16,18H2,1-2H3/b26-15-/t19-/m1/s1. The molecule has 0 spiro atoms. The third-order valence-electron chi connectivity index (χ3n) is 6.34. The normalized spacial score (nSPS) is 15.8. The number of benzene rings is 3. The predicted octanol–water partition coefficient (Wildman–Crippen LogP) is 6.22. The van der Waals surface area contributed by atoms with Crippen molar-refractivity contribution in [2.45, 2.75) is 32.9 Å². The molecule has 36 heavy (non-hydrogen) atoms. The van der Waals surface area contributed by atoms with Gasteiger partial charge >= 0.3 is 5.97 Å². The Bertz CT molecular complexity index is 1520. The van der Waals surface area contributed by atoms with Crippen molar-refractivity contribution in [2.24, 2.45) is 0 Å². The fourth-order valence-electron chi connectivity index (χ4n) is 4.31. The van der Waals surface area contributed by atoms with Crippen molar-refractivity contribution in [2.75, 3.05) is 6.54 Å². The summed E-state index contributed by atoms with van der Waals surface area (Å²) in [6.45, 7) is 3.97. The summed E-state index contributed by atoms with van der Waals surface area (Å²) in [6, 6.07) is 22.7. The first-order valence-corrected chi connectivity index (χ1v) is 12.7. The highest BCUT2D eigenvalue weighted by molar-refractivity contribution is 8.18. The molecule has 7 heteroatoms. The van der Waals surface area contributed by atoms with E-state index in [1.54, 1.807) is 13.0 Å². The van der Waals surface area contributed by atoms with Crippen LogP contribution in [0.25, 0.3) is 27.8 Å². The summed E-state index contributed by atoms with van der Waals surface area (Å²) in [6.07, 6.45) is 4.15. The topological polar surface area (TPSA) is 68.6 Å². The second kappa shape index (κ2) is 10.0. The van der Waals surface area contributed by atoms with E-state index in [1.165, 1.54) is 16.3 Å². The van der Waals surface area contributed by atoms with Crippen molar-refractivity contribution in [3.8, 4) is 0 Å². The van der Waals surface area contributed by atoms with E-state index >= 15 is 0 Å². The van der Waals surface area contributed by atoms with Crippen LogP contribution in [0.1, 0.15) is 31.4 Å². The molecule has 0 unspecified atom stereocenters. The number of carbonyl (C=O) groups is 3. The van der Waals surface area contributed by atoms with Crippen LogP contribution in [0.3, 0.4) is 0 Å². The van der Waals surface area contributed by atoms with Crippen LogP contribution < -0.4 is 0 Å². The second-order valence-electron chi connectivity index (χ2n) is 8.89. The zero-order valence-electron chi connectivity index (χ0n) is 20.1. The maximum atomic E-state index is 13.0. The number of carbonyl (C=O) groups excluding carboxylic acids is 3. The first-order chi connectivity index (χ1) is 17.4. The minimum Gasteiger partial charge on any atom is -0.461 e. The molecule has 2 heterocycles. The number of imide groups is 1. The van der Waals surface area contributed by atoms with Crippen LogP contribution in [0.5, 0.6) is 0 Å². The smallest absolute Gasteiger partial charge is 0.326 e. The molecule has 1 aliphatic heterocycles. The lowest BCUT2D eigenvalue weighted by Crippen LogP contribution is -2.35. The first kappa shape index (κ1) is 23.9. The van der Waals surface area contributed by atoms with Gasteiger partial charge in [-0.25, -0.2) is 0 Å². The van der Waals surface area contributed by atoms with Crippen molar-refractivity contribution < 1.29 is 19.1 Å². The molecule has 0 radical (unpaired) electrons. The van der Waals surface area contributed by atoms with Crippen LogP contribution in [-0.4, -0.2) is 39.2 Å². The van der Waals surface area contributed by atoms with Crippen LogP contribution in [0.4, 0.5) is 4.79 Å². The van der Waals surface area contributed by atoms with Gasteiger partial charge in [0.1, 0.15) is 6.54 Å². The summed E-state index contributed by atoms with van der Waals surface area (Å²) >= 11 is 0.848. The number of para-hydroxylation sites is 1. The molecule has 0 N–H and O–H groups in total. The molecule has 1 saturated heterocycles. The Morgan fingerprint density at radius 3 is 2.58 bits per heavy atom. The zero-order chi connectivity index (χ0) is 25.2. The van der Waals surface area contributed by atoms with Crippen molar-refractivity contribution >= 4 is 56.6 Å². The molecule has 182 valence electrons. The number of esters is 1. The lowest BCUT2D eigenvalue weighted by atomic mass is 10.1. The molecule has 4 aromatic rings. The number of fused-ring (bicyclic) bond motifs is 2. The molecule has 0 saturated carbocycles. The highest BCUT2D eigenvalue weighted by Crippen LogP contribution is 2.34. The Labute approximate surface area is 213 Å². The van der Waals surface area contributed by atoms with Crippen LogP contribution >= 0.6 is 11.8 Å². The number of aromatic nitrogens is 1. The number of nitrogens with zero attached hydrogens (tertiary/aromatic N) is 2. The van der Waals surface area contributed by atoms with Gasteiger partial charge in [-0.2, -0.15) is 0 Å². The molecule has 2 amide bonds. The van der Waals surface area contributed by atoms with E-state index in [-0.39, 0.29) is 12.6 Å². The van der Waals surface area contributed by atoms with Gasteiger partial charge in [0.25, 0.3) is 11.1 Å². The van der Waals surface area contributed by atoms with E-state index < -0.39 is 17.1 Å². The molecule has 1 aliphatic rings. The van der Waals surface area contributed by atoms with E-state index in [1.807, 2.05) is 49.5 Å². The Hall–Kier alpha value is -3.84. The Morgan fingerprint density at radius 2 is 1.78 bits per heavy atom. The first-order valence-electron chi connectivity index (χ1n) is 11.9. The van der Waals surface area contributed by atoms with E-state index in [4.69, 9.17) is 4.74 Å². The van der Waals surface area contributed by atoms with Crippen LogP contribution in [0.2, 0.25) is 0 Å². The summed E-state index contributed by atoms with van der Waals surface area (Å²) in [5.74, 6) is -1.06. The highest BCUT2D eigenvalue weighted by atomic mass is 32.2. The number of hydrogen-bond donors (Lipinski definition) is 0. The van der Waals surface area contributed by atoms with E-state index in [0.29, 0.717) is 17.9 Å². The number of rotatable bonds is 7. The van der Waals surface area contributed by atoms with Crippen LogP contribution in [-0.2, 0) is 20.9 Å². The van der Waals surface area contributed by atoms with E-state index in [0.717, 1.165) is 33.1 Å². The van der Waals surface area contributed by atoms with Gasteiger partial charge in [-0.1, -0.05) is 61.5 Å². The Morgan fingerprint density at radius 1 is 1.03 bits per heavy atom. The molecule has 0 aliphatic carbocycles. The van der Waals surface area contributed by atoms with Crippen LogP contribution in [0, 0.1) is 0 Å². The molecule has 3 aromatic carbocycles. The average molecular weight is 499 g/mol. The monoisotopic (exact) mass is 498 g/mol. The van der Waals surface area contributed by atoms with Crippen molar-refractivity contribution in [1.82, 2.24) is 9.47 Å². The molecule has 6 nitrogen and oxygen atoms in total. The van der Waals surface area contributed by atoms with Crippen molar-refractivity contribution in [1.29, 1.82) is 0 Å². The molecular formula is C29H26N2O4S. The molecule has 1 aromatic heterocycles. The maximum absolute atomic E-state index is 13.0. The van der Waals surface area contributed by atoms with Crippen LogP contribution in [0.15, 0.2) is 77.8 Å². The second-order valence-corrected chi connectivity index (χ2v) is 9.88. The fourth-order valence-corrected chi connectivity index (χ4v) is 5.14. The molecular weight excluding hydrogens is 472 g/mol. The largest absolute Gasteiger partial charge is 0.461 e. The maximum Gasteiger partial charge on any atom is 0.326 e. The number of amides is 2. The van der Waals surface area contributed by atoms with Crippen molar-refractivity contribution in [3.63, 3.8) is 0 Å².